The van der Waals surface area contributed by atoms with E-state index >= 15 is 0 Å². The molecule has 0 bridgehead atoms. The Morgan fingerprint density at radius 3 is 2.54 bits per heavy atom. The molecular weight excluding hydrogens is 380 g/mol. The van der Waals surface area contributed by atoms with Crippen molar-refractivity contribution >= 4 is 15.7 Å². The van der Waals surface area contributed by atoms with Gasteiger partial charge in [0.2, 0.25) is 11.7 Å². The van der Waals surface area contributed by atoms with Gasteiger partial charge in [0.05, 0.1) is 18.1 Å². The zero-order chi connectivity index (χ0) is 19.7. The molecule has 1 saturated heterocycles. The van der Waals surface area contributed by atoms with Crippen molar-refractivity contribution in [3.63, 3.8) is 0 Å². The minimum absolute atomic E-state index is 0.0268. The number of sulfone groups is 1. The van der Waals surface area contributed by atoms with Crippen molar-refractivity contribution in [1.29, 1.82) is 0 Å². The number of H-pyrrole nitrogens is 1. The average Bonchev–Trinajstić information content (AvgIpc) is 3.33. The lowest BCUT2D eigenvalue weighted by Gasteiger charge is -2.14. The smallest absolute Gasteiger partial charge is 0.235 e. The second-order valence-corrected chi connectivity index (χ2v) is 8.61. The third-order valence-electron chi connectivity index (χ3n) is 4.53. The van der Waals surface area contributed by atoms with E-state index in [9.17, 15) is 13.2 Å². The van der Waals surface area contributed by atoms with Crippen LogP contribution >= 0.6 is 0 Å². The number of carbonyl (C=O) groups is 1. The molecular formula is C18H18N6O3S. The van der Waals surface area contributed by atoms with Crippen molar-refractivity contribution in [2.45, 2.75) is 11.4 Å². The Labute approximate surface area is 161 Å². The molecule has 10 heteroatoms. The topological polar surface area (TPSA) is 121 Å². The van der Waals surface area contributed by atoms with Crippen LogP contribution in [-0.2, 0) is 21.2 Å². The molecule has 0 spiro atoms. The van der Waals surface area contributed by atoms with Gasteiger partial charge in [0, 0.05) is 18.4 Å². The predicted molar refractivity (Wildman–Crippen MR) is 102 cm³/mol. The molecule has 9 nitrogen and oxygen atoms in total. The molecule has 2 aromatic carbocycles. The maximum atomic E-state index is 12.3. The number of nitrogens with one attached hydrogen (secondary N) is 2. The Bertz CT molecular complexity index is 1110. The molecule has 144 valence electrons. The Morgan fingerprint density at radius 1 is 1.14 bits per heavy atom. The first kappa shape index (κ1) is 18.3. The van der Waals surface area contributed by atoms with Gasteiger partial charge >= 0.3 is 0 Å². The molecule has 28 heavy (non-hydrogen) atoms. The van der Waals surface area contributed by atoms with Crippen molar-refractivity contribution in [2.75, 3.05) is 19.5 Å². The van der Waals surface area contributed by atoms with E-state index in [0.717, 1.165) is 17.4 Å². The zero-order valence-corrected chi connectivity index (χ0v) is 15.9. The molecule has 1 amide bonds. The summed E-state index contributed by atoms with van der Waals surface area (Å²) in [5.41, 5.74) is 3.01. The fourth-order valence-corrected chi connectivity index (χ4v) is 4.15. The highest BCUT2D eigenvalue weighted by atomic mass is 32.2. The first-order valence-corrected chi connectivity index (χ1v) is 10.5. The number of rotatable bonds is 5. The lowest BCUT2D eigenvalue weighted by molar-refractivity contribution is -0.118. The van der Waals surface area contributed by atoms with Crippen LogP contribution < -0.4 is 5.32 Å². The van der Waals surface area contributed by atoms with E-state index in [1.54, 1.807) is 6.07 Å². The van der Waals surface area contributed by atoms with Gasteiger partial charge in [-0.15, -0.1) is 10.2 Å². The monoisotopic (exact) mass is 398 g/mol. The molecule has 1 aliphatic rings. The molecule has 1 fully saturated rings. The summed E-state index contributed by atoms with van der Waals surface area (Å²) >= 11 is 0. The number of carbonyl (C=O) groups excluding carboxylic acids is 1. The second-order valence-electron chi connectivity index (χ2n) is 6.63. The first-order valence-electron chi connectivity index (χ1n) is 8.57. The van der Waals surface area contributed by atoms with Crippen LogP contribution in [0.25, 0.3) is 22.5 Å². The van der Waals surface area contributed by atoms with Crippen molar-refractivity contribution < 1.29 is 13.2 Å². The number of aromatic nitrogens is 4. The normalized spacial score (nSPS) is 15.0. The highest BCUT2D eigenvalue weighted by Gasteiger charge is 2.22. The van der Waals surface area contributed by atoms with E-state index in [2.05, 4.69) is 25.9 Å². The van der Waals surface area contributed by atoms with E-state index in [-0.39, 0.29) is 16.6 Å². The number of benzene rings is 2. The van der Waals surface area contributed by atoms with Crippen molar-refractivity contribution in [1.82, 2.24) is 30.8 Å². The Morgan fingerprint density at radius 2 is 1.93 bits per heavy atom. The molecule has 0 radical (unpaired) electrons. The minimum atomic E-state index is -3.49. The van der Waals surface area contributed by atoms with Crippen molar-refractivity contribution in [2.24, 2.45) is 0 Å². The van der Waals surface area contributed by atoms with Gasteiger partial charge in [-0.3, -0.25) is 9.69 Å². The van der Waals surface area contributed by atoms with Gasteiger partial charge < -0.3 is 5.32 Å². The maximum absolute atomic E-state index is 12.3. The van der Waals surface area contributed by atoms with Crippen LogP contribution in [0.15, 0.2) is 47.4 Å². The SMILES string of the molecule is CS(=O)(=O)c1cccc(-c2ccc(CN3CNC(=O)C3)cc2)c1-c1nn[nH]n1. The molecule has 3 aromatic rings. The molecule has 1 aliphatic heterocycles. The standard InChI is InChI=1S/C18H18N6O3S/c1-28(26,27)15-4-2-3-14(17(15)18-20-22-23-21-18)13-7-5-12(6-8-13)9-24-10-16(25)19-11-24/h2-8H,9-11H2,1H3,(H,19,25)(H,20,21,22,23). The summed E-state index contributed by atoms with van der Waals surface area (Å²) in [6.45, 7) is 1.58. The highest BCUT2D eigenvalue weighted by Crippen LogP contribution is 2.35. The van der Waals surface area contributed by atoms with E-state index in [4.69, 9.17) is 0 Å². The molecule has 0 aliphatic carbocycles. The van der Waals surface area contributed by atoms with Crippen LogP contribution in [0, 0.1) is 0 Å². The lowest BCUT2D eigenvalue weighted by atomic mass is 9.98. The van der Waals surface area contributed by atoms with E-state index in [1.165, 1.54) is 6.07 Å². The van der Waals surface area contributed by atoms with Gasteiger partial charge in [0.15, 0.2) is 9.84 Å². The molecule has 0 unspecified atom stereocenters. The summed E-state index contributed by atoms with van der Waals surface area (Å²) in [5.74, 6) is 0.251. The summed E-state index contributed by atoms with van der Waals surface area (Å²) in [6.07, 6.45) is 1.16. The lowest BCUT2D eigenvalue weighted by Crippen LogP contribution is -2.21. The highest BCUT2D eigenvalue weighted by molar-refractivity contribution is 7.90. The quantitative estimate of drug-likeness (QED) is 0.653. The Hall–Kier alpha value is -3.11. The van der Waals surface area contributed by atoms with Crippen molar-refractivity contribution in [3.8, 4) is 22.5 Å². The summed E-state index contributed by atoms with van der Waals surface area (Å²) in [5, 5.41) is 16.7. The number of hydrogen-bond donors (Lipinski definition) is 2. The summed E-state index contributed by atoms with van der Waals surface area (Å²) in [4.78, 5) is 13.5. The second kappa shape index (κ2) is 7.13. The van der Waals surface area contributed by atoms with E-state index < -0.39 is 9.84 Å². The van der Waals surface area contributed by atoms with Crippen LogP contribution in [0.3, 0.4) is 0 Å². The predicted octanol–water partition coefficient (Wildman–Crippen LogP) is 0.826. The van der Waals surface area contributed by atoms with Crippen LogP contribution in [-0.4, -0.2) is 59.3 Å². The first-order chi connectivity index (χ1) is 13.4. The summed E-state index contributed by atoms with van der Waals surface area (Å²) in [7, 11) is -3.49. The maximum Gasteiger partial charge on any atom is 0.235 e. The summed E-state index contributed by atoms with van der Waals surface area (Å²) in [6, 6.07) is 12.8. The zero-order valence-electron chi connectivity index (χ0n) is 15.1. The van der Waals surface area contributed by atoms with E-state index in [0.29, 0.717) is 30.9 Å². The van der Waals surface area contributed by atoms with Crippen LogP contribution in [0.2, 0.25) is 0 Å². The molecule has 0 saturated carbocycles. The fraction of sp³-hybridized carbons (Fsp3) is 0.222. The van der Waals surface area contributed by atoms with Gasteiger partial charge in [-0.25, -0.2) is 8.42 Å². The van der Waals surface area contributed by atoms with Crippen molar-refractivity contribution in [3.05, 3.63) is 48.0 Å². The third kappa shape index (κ3) is 3.64. The molecule has 4 rings (SSSR count). The van der Waals surface area contributed by atoms with Gasteiger partial charge in [0.1, 0.15) is 0 Å². The molecule has 2 heterocycles. The molecule has 2 N–H and O–H groups in total. The average molecular weight is 398 g/mol. The van der Waals surface area contributed by atoms with E-state index in [1.807, 2.05) is 35.2 Å². The van der Waals surface area contributed by atoms with Crippen LogP contribution in [0.4, 0.5) is 0 Å². The van der Waals surface area contributed by atoms with Gasteiger partial charge in [0.25, 0.3) is 0 Å². The van der Waals surface area contributed by atoms with Gasteiger partial charge in [-0.05, 0) is 28.0 Å². The van der Waals surface area contributed by atoms with Crippen LogP contribution in [0.5, 0.6) is 0 Å². The number of tetrazole rings is 1. The fourth-order valence-electron chi connectivity index (χ4n) is 3.25. The number of amides is 1. The third-order valence-corrected chi connectivity index (χ3v) is 5.67. The largest absolute Gasteiger partial charge is 0.342 e. The van der Waals surface area contributed by atoms with Gasteiger partial charge in [-0.2, -0.15) is 5.21 Å². The van der Waals surface area contributed by atoms with Gasteiger partial charge in [-0.1, -0.05) is 36.4 Å². The number of hydrogen-bond acceptors (Lipinski definition) is 7. The molecule has 0 atom stereocenters. The number of aromatic amines is 1. The van der Waals surface area contributed by atoms with Crippen LogP contribution in [0.1, 0.15) is 5.56 Å². The Balaban J connectivity index is 1.72. The minimum Gasteiger partial charge on any atom is -0.342 e. The molecule has 1 aromatic heterocycles. The number of nitrogens with zero attached hydrogens (tertiary/aromatic N) is 4. The summed E-state index contributed by atoms with van der Waals surface area (Å²) < 4.78 is 24.6. The Kier molecular flexibility index (Phi) is 4.65.